The Morgan fingerprint density at radius 3 is 1.64 bits per heavy atom. The van der Waals surface area contributed by atoms with Crippen molar-refractivity contribution in [2.24, 2.45) is 0 Å². The molecule has 0 unspecified atom stereocenters. The summed E-state index contributed by atoms with van der Waals surface area (Å²) >= 11 is 0. The number of Topliss-reactive ketones (excluding diaryl/α,β-unsaturated/α-hetero) is 1. The standard InChI is InChI=1S/C25H22N2O/c28-25-17(13-19-15-26-23-11-5-3-9-21(19)23)7-1-2-8-18(25)14-20-16-27-24-12-6-4-10-22(20)24/h3-6,9-16,26-27H,1-2,7-8H2/b17-13-,18-14+. The van der Waals surface area contributed by atoms with E-state index in [9.17, 15) is 4.79 Å². The van der Waals surface area contributed by atoms with Crippen molar-refractivity contribution in [2.45, 2.75) is 25.7 Å². The zero-order chi connectivity index (χ0) is 18.9. The number of ketones is 1. The van der Waals surface area contributed by atoms with Gasteiger partial charge in [0.15, 0.2) is 5.78 Å². The van der Waals surface area contributed by atoms with Gasteiger partial charge in [0.1, 0.15) is 0 Å². The van der Waals surface area contributed by atoms with Crippen LogP contribution < -0.4 is 0 Å². The van der Waals surface area contributed by atoms with Gasteiger partial charge < -0.3 is 9.97 Å². The molecule has 1 aliphatic rings. The molecule has 3 heteroatoms. The number of hydrogen-bond acceptors (Lipinski definition) is 1. The number of H-pyrrole nitrogens is 2. The van der Waals surface area contributed by atoms with E-state index in [0.717, 1.165) is 69.8 Å². The highest BCUT2D eigenvalue weighted by Gasteiger charge is 2.20. The van der Waals surface area contributed by atoms with E-state index in [1.807, 2.05) is 36.7 Å². The summed E-state index contributed by atoms with van der Waals surface area (Å²) in [5.41, 5.74) is 6.20. The molecule has 2 aromatic heterocycles. The van der Waals surface area contributed by atoms with Crippen LogP contribution in [-0.2, 0) is 4.79 Å². The highest BCUT2D eigenvalue weighted by atomic mass is 16.1. The molecule has 4 aromatic rings. The predicted molar refractivity (Wildman–Crippen MR) is 116 cm³/mol. The van der Waals surface area contributed by atoms with Gasteiger partial charge in [0.05, 0.1) is 0 Å². The molecule has 138 valence electrons. The molecule has 0 atom stereocenters. The molecular formula is C25H22N2O. The molecular weight excluding hydrogens is 344 g/mol. The highest BCUT2D eigenvalue weighted by molar-refractivity contribution is 6.14. The maximum atomic E-state index is 13.3. The molecule has 1 saturated carbocycles. The Bertz CT molecular complexity index is 1140. The predicted octanol–water partition coefficient (Wildman–Crippen LogP) is 6.26. The number of benzene rings is 2. The van der Waals surface area contributed by atoms with Crippen molar-refractivity contribution in [3.8, 4) is 0 Å². The van der Waals surface area contributed by atoms with Gasteiger partial charge in [-0.2, -0.15) is 0 Å². The van der Waals surface area contributed by atoms with Gasteiger partial charge in [0.2, 0.25) is 0 Å². The second-order valence-corrected chi connectivity index (χ2v) is 7.45. The molecule has 5 rings (SSSR count). The van der Waals surface area contributed by atoms with E-state index in [4.69, 9.17) is 0 Å². The molecule has 1 aliphatic carbocycles. The fourth-order valence-corrected chi connectivity index (χ4v) is 4.14. The van der Waals surface area contributed by atoms with Gasteiger partial charge >= 0.3 is 0 Å². The highest BCUT2D eigenvalue weighted by Crippen LogP contribution is 2.30. The van der Waals surface area contributed by atoms with Gasteiger partial charge in [-0.05, 0) is 50.0 Å². The smallest absolute Gasteiger partial charge is 0.185 e. The average molecular weight is 366 g/mol. The van der Waals surface area contributed by atoms with Gasteiger partial charge in [-0.15, -0.1) is 0 Å². The number of carbonyl (C=O) groups excluding carboxylic acids is 1. The number of allylic oxidation sites excluding steroid dienone is 2. The van der Waals surface area contributed by atoms with Crippen LogP contribution in [0.2, 0.25) is 0 Å². The minimum atomic E-state index is 0.188. The zero-order valence-electron chi connectivity index (χ0n) is 15.7. The minimum absolute atomic E-state index is 0.188. The maximum Gasteiger partial charge on any atom is 0.185 e. The number of aromatic nitrogens is 2. The van der Waals surface area contributed by atoms with E-state index in [2.05, 4.69) is 46.4 Å². The first-order valence-corrected chi connectivity index (χ1v) is 9.88. The summed E-state index contributed by atoms with van der Waals surface area (Å²) in [6, 6.07) is 16.4. The molecule has 0 spiro atoms. The van der Waals surface area contributed by atoms with Crippen molar-refractivity contribution in [1.82, 2.24) is 9.97 Å². The number of fused-ring (bicyclic) bond motifs is 2. The topological polar surface area (TPSA) is 48.6 Å². The Morgan fingerprint density at radius 1 is 0.679 bits per heavy atom. The molecule has 0 radical (unpaired) electrons. The third kappa shape index (κ3) is 2.99. The molecule has 2 aromatic carbocycles. The molecule has 0 saturated heterocycles. The average Bonchev–Trinajstić information content (AvgIpc) is 3.28. The number of para-hydroxylation sites is 2. The number of hydrogen-bond donors (Lipinski definition) is 2. The maximum absolute atomic E-state index is 13.3. The van der Waals surface area contributed by atoms with Crippen LogP contribution in [0.15, 0.2) is 72.1 Å². The zero-order valence-corrected chi connectivity index (χ0v) is 15.7. The lowest BCUT2D eigenvalue weighted by Gasteiger charge is -2.05. The summed E-state index contributed by atoms with van der Waals surface area (Å²) in [6.07, 6.45) is 11.9. The van der Waals surface area contributed by atoms with Crippen LogP contribution in [0.25, 0.3) is 34.0 Å². The lowest BCUT2D eigenvalue weighted by atomic mass is 9.97. The first kappa shape index (κ1) is 16.8. The molecule has 0 bridgehead atoms. The Morgan fingerprint density at radius 2 is 1.14 bits per heavy atom. The van der Waals surface area contributed by atoms with Gasteiger partial charge in [-0.3, -0.25) is 4.79 Å². The van der Waals surface area contributed by atoms with Crippen LogP contribution in [0, 0.1) is 0 Å². The van der Waals surface area contributed by atoms with Crippen LogP contribution >= 0.6 is 0 Å². The summed E-state index contributed by atoms with van der Waals surface area (Å²) in [6.45, 7) is 0. The molecule has 0 amide bonds. The Labute approximate surface area is 163 Å². The third-order valence-electron chi connectivity index (χ3n) is 5.63. The van der Waals surface area contributed by atoms with Gasteiger partial charge in [0, 0.05) is 56.5 Å². The van der Waals surface area contributed by atoms with Crippen molar-refractivity contribution < 1.29 is 4.79 Å². The quantitative estimate of drug-likeness (QED) is 0.319. The van der Waals surface area contributed by atoms with E-state index in [-0.39, 0.29) is 5.78 Å². The van der Waals surface area contributed by atoms with Crippen LogP contribution in [0.1, 0.15) is 36.8 Å². The van der Waals surface area contributed by atoms with Crippen molar-refractivity contribution in [3.05, 3.63) is 83.2 Å². The van der Waals surface area contributed by atoms with Gasteiger partial charge in [-0.1, -0.05) is 36.4 Å². The number of carbonyl (C=O) groups is 1. The van der Waals surface area contributed by atoms with Gasteiger partial charge in [-0.25, -0.2) is 0 Å². The lowest BCUT2D eigenvalue weighted by molar-refractivity contribution is -0.112. The first-order chi connectivity index (χ1) is 13.8. The fraction of sp³-hybridized carbons (Fsp3) is 0.160. The molecule has 2 N–H and O–H groups in total. The molecule has 1 fully saturated rings. The van der Waals surface area contributed by atoms with Crippen molar-refractivity contribution >= 4 is 39.7 Å². The largest absolute Gasteiger partial charge is 0.361 e. The van der Waals surface area contributed by atoms with E-state index in [1.165, 1.54) is 0 Å². The fourth-order valence-electron chi connectivity index (χ4n) is 4.14. The monoisotopic (exact) mass is 366 g/mol. The van der Waals surface area contributed by atoms with E-state index in [1.54, 1.807) is 0 Å². The number of aromatic amines is 2. The summed E-state index contributed by atoms with van der Waals surface area (Å²) in [5, 5.41) is 2.32. The summed E-state index contributed by atoms with van der Waals surface area (Å²) < 4.78 is 0. The summed E-state index contributed by atoms with van der Waals surface area (Å²) in [5.74, 6) is 0.188. The first-order valence-electron chi connectivity index (χ1n) is 9.88. The number of nitrogens with one attached hydrogen (secondary N) is 2. The molecule has 2 heterocycles. The van der Waals surface area contributed by atoms with Crippen LogP contribution in [-0.4, -0.2) is 15.8 Å². The van der Waals surface area contributed by atoms with Gasteiger partial charge in [0.25, 0.3) is 0 Å². The van der Waals surface area contributed by atoms with E-state index >= 15 is 0 Å². The Hall–Kier alpha value is -3.33. The van der Waals surface area contributed by atoms with E-state index in [0.29, 0.717) is 0 Å². The molecule has 0 aliphatic heterocycles. The molecule has 28 heavy (non-hydrogen) atoms. The second kappa shape index (κ2) is 7.01. The SMILES string of the molecule is O=C1/C(=C\c2c[nH]c3ccccc23)CCCC/C1=C\c1c[nH]c2ccccc12. The van der Waals surface area contributed by atoms with Crippen molar-refractivity contribution in [3.63, 3.8) is 0 Å². The Kier molecular flexibility index (Phi) is 4.21. The van der Waals surface area contributed by atoms with E-state index < -0.39 is 0 Å². The molecule has 3 nitrogen and oxygen atoms in total. The van der Waals surface area contributed by atoms with Crippen LogP contribution in [0.4, 0.5) is 0 Å². The summed E-state index contributed by atoms with van der Waals surface area (Å²) in [7, 11) is 0. The summed E-state index contributed by atoms with van der Waals surface area (Å²) in [4.78, 5) is 19.9. The third-order valence-corrected chi connectivity index (χ3v) is 5.63. The van der Waals surface area contributed by atoms with Crippen molar-refractivity contribution in [2.75, 3.05) is 0 Å². The normalized spacial score (nSPS) is 18.4. The van der Waals surface area contributed by atoms with Crippen molar-refractivity contribution in [1.29, 1.82) is 0 Å². The van der Waals surface area contributed by atoms with Crippen LogP contribution in [0.5, 0.6) is 0 Å². The lowest BCUT2D eigenvalue weighted by Crippen LogP contribution is -2.03. The van der Waals surface area contributed by atoms with Crippen LogP contribution in [0.3, 0.4) is 0 Å². The number of rotatable bonds is 2. The minimum Gasteiger partial charge on any atom is -0.361 e. The Balaban J connectivity index is 1.55. The second-order valence-electron chi connectivity index (χ2n) is 7.45.